The summed E-state index contributed by atoms with van der Waals surface area (Å²) in [4.78, 5) is 0. The SMILES string of the molecule is COc1ccc(C2(c3ccc(OC4CCC(S(=O)(=O)C5CCC(Oc6ccc(C(c7ccc(OC)cc7)(C(F)(F)F)C(F)(F)F)cc6)CC5)CC4)cc3)c3ccccc3-c3ccccc32)cc1. The van der Waals surface area contributed by atoms with E-state index in [4.69, 9.17) is 18.9 Å². The maximum Gasteiger partial charge on any atom is 0.411 e. The fourth-order valence-corrected chi connectivity index (χ4v) is 13.3. The van der Waals surface area contributed by atoms with Crippen LogP contribution in [0.15, 0.2) is 146 Å². The molecule has 0 unspecified atom stereocenters. The van der Waals surface area contributed by atoms with Gasteiger partial charge in [0.05, 0.1) is 42.3 Å². The van der Waals surface area contributed by atoms with Crippen LogP contribution in [0.25, 0.3) is 11.1 Å². The van der Waals surface area contributed by atoms with E-state index in [-0.39, 0.29) is 17.6 Å². The normalized spacial score (nSPS) is 20.6. The van der Waals surface area contributed by atoms with Gasteiger partial charge in [-0.05, 0) is 144 Å². The topological polar surface area (TPSA) is 71.1 Å². The monoisotopic (exact) mass is 940 g/mol. The first-order valence-corrected chi connectivity index (χ1v) is 24.1. The smallest absolute Gasteiger partial charge is 0.411 e. The maximum absolute atomic E-state index is 14.6. The number of halogens is 6. The molecule has 0 heterocycles. The number of ether oxygens (including phenoxy) is 4. The molecule has 3 aliphatic carbocycles. The largest absolute Gasteiger partial charge is 0.497 e. The highest BCUT2D eigenvalue weighted by Crippen LogP contribution is 2.58. The van der Waals surface area contributed by atoms with E-state index < -0.39 is 60.8 Å². The minimum absolute atomic E-state index is 0.0990. The van der Waals surface area contributed by atoms with E-state index in [1.165, 1.54) is 29.4 Å². The summed E-state index contributed by atoms with van der Waals surface area (Å²) in [6.07, 6.45) is -8.54. The molecule has 6 aromatic rings. The predicted octanol–water partition coefficient (Wildman–Crippen LogP) is 13.0. The summed E-state index contributed by atoms with van der Waals surface area (Å²) >= 11 is 0. The highest BCUT2D eigenvalue weighted by atomic mass is 32.2. The molecule has 0 atom stereocenters. The standard InChI is InChI=1S/C54H50F6O6S/c1-63-39-19-11-35(12-20-39)51(49-9-5-3-7-47(49)48-8-4-6-10-50(48)51)36-13-23-41(24-14-36)65-43-27-31-45(32-28-43)67(61,62)46-33-29-44(30-34-46)66-42-25-17-38(18-26-42)52(53(55,56)57,54(58,59)60)37-15-21-40(64-2)22-16-37/h3-26,43-46H,27-34H2,1-2H3. The summed E-state index contributed by atoms with van der Waals surface area (Å²) in [6, 6.07) is 41.0. The Morgan fingerprint density at radius 2 is 0.776 bits per heavy atom. The number of methoxy groups -OCH3 is 2. The van der Waals surface area contributed by atoms with Gasteiger partial charge in [0.2, 0.25) is 5.41 Å². The molecule has 3 aliphatic rings. The van der Waals surface area contributed by atoms with Crippen molar-refractivity contribution in [3.8, 4) is 34.1 Å². The van der Waals surface area contributed by atoms with Crippen molar-refractivity contribution in [2.75, 3.05) is 14.2 Å². The molecule has 6 nitrogen and oxygen atoms in total. The van der Waals surface area contributed by atoms with Crippen LogP contribution in [0.3, 0.4) is 0 Å². The maximum atomic E-state index is 14.6. The van der Waals surface area contributed by atoms with E-state index in [1.807, 2.05) is 24.3 Å². The number of hydrogen-bond acceptors (Lipinski definition) is 6. The molecule has 6 aromatic carbocycles. The molecule has 0 radical (unpaired) electrons. The molecule has 9 rings (SSSR count). The summed E-state index contributed by atoms with van der Waals surface area (Å²) in [5, 5.41) is -1.08. The number of rotatable bonds is 12. The lowest BCUT2D eigenvalue weighted by Crippen LogP contribution is -2.54. The molecular weight excluding hydrogens is 891 g/mol. The zero-order valence-electron chi connectivity index (χ0n) is 36.9. The van der Waals surface area contributed by atoms with Crippen LogP contribution in [0.4, 0.5) is 26.3 Å². The van der Waals surface area contributed by atoms with Crippen molar-refractivity contribution in [1.29, 1.82) is 0 Å². The lowest BCUT2D eigenvalue weighted by Gasteiger charge is -2.38. The van der Waals surface area contributed by atoms with Gasteiger partial charge in [-0.2, -0.15) is 26.3 Å². The quantitative estimate of drug-likeness (QED) is 0.114. The van der Waals surface area contributed by atoms with Crippen molar-refractivity contribution in [3.05, 3.63) is 179 Å². The van der Waals surface area contributed by atoms with Gasteiger partial charge in [0.15, 0.2) is 9.84 Å². The van der Waals surface area contributed by atoms with E-state index in [1.54, 1.807) is 7.11 Å². The van der Waals surface area contributed by atoms with Gasteiger partial charge in [-0.25, -0.2) is 8.42 Å². The van der Waals surface area contributed by atoms with E-state index in [0.29, 0.717) is 57.1 Å². The second kappa shape index (κ2) is 17.9. The van der Waals surface area contributed by atoms with Gasteiger partial charge in [0.1, 0.15) is 23.0 Å². The fourth-order valence-electron chi connectivity index (χ4n) is 10.9. The number of hydrogen-bond donors (Lipinski definition) is 0. The van der Waals surface area contributed by atoms with Crippen LogP contribution < -0.4 is 18.9 Å². The van der Waals surface area contributed by atoms with Gasteiger partial charge in [-0.3, -0.25) is 0 Å². The van der Waals surface area contributed by atoms with Crippen LogP contribution in [0.5, 0.6) is 23.0 Å². The van der Waals surface area contributed by atoms with Crippen molar-refractivity contribution in [2.45, 2.75) is 97.3 Å². The van der Waals surface area contributed by atoms with Gasteiger partial charge in [0.25, 0.3) is 0 Å². The fraction of sp³-hybridized carbons (Fsp3) is 0.333. The van der Waals surface area contributed by atoms with Crippen molar-refractivity contribution in [3.63, 3.8) is 0 Å². The van der Waals surface area contributed by atoms with Crippen molar-refractivity contribution in [1.82, 2.24) is 0 Å². The highest BCUT2D eigenvalue weighted by Gasteiger charge is 2.72. The number of alkyl halides is 6. The van der Waals surface area contributed by atoms with Gasteiger partial charge in [0, 0.05) is 0 Å². The van der Waals surface area contributed by atoms with Gasteiger partial charge in [-0.15, -0.1) is 0 Å². The molecule has 0 bridgehead atoms. The highest BCUT2D eigenvalue weighted by molar-refractivity contribution is 7.92. The van der Waals surface area contributed by atoms with Crippen LogP contribution in [0.2, 0.25) is 0 Å². The molecular formula is C54H50F6O6S. The molecule has 350 valence electrons. The summed E-state index contributed by atoms with van der Waals surface area (Å²) in [7, 11) is -0.581. The summed E-state index contributed by atoms with van der Waals surface area (Å²) in [5.74, 6) is 1.70. The summed E-state index contributed by atoms with van der Waals surface area (Å²) in [5.41, 5.74) is 0.0901. The van der Waals surface area contributed by atoms with E-state index in [0.717, 1.165) is 65.4 Å². The Balaban J connectivity index is 0.825. The molecule has 0 N–H and O–H groups in total. The Morgan fingerprint density at radius 1 is 0.448 bits per heavy atom. The lowest BCUT2D eigenvalue weighted by atomic mass is 9.68. The number of benzene rings is 6. The van der Waals surface area contributed by atoms with Crippen LogP contribution in [0.1, 0.15) is 84.7 Å². The zero-order valence-corrected chi connectivity index (χ0v) is 37.8. The Hall–Kier alpha value is -5.95. The van der Waals surface area contributed by atoms with Gasteiger partial charge in [-0.1, -0.05) is 97.1 Å². The average molecular weight is 941 g/mol. The molecule has 13 heteroatoms. The molecule has 67 heavy (non-hydrogen) atoms. The van der Waals surface area contributed by atoms with Gasteiger partial charge >= 0.3 is 12.4 Å². The molecule has 0 saturated heterocycles. The predicted molar refractivity (Wildman–Crippen MR) is 245 cm³/mol. The first-order valence-electron chi connectivity index (χ1n) is 22.5. The Kier molecular flexibility index (Phi) is 12.4. The Labute approximate surface area is 386 Å². The van der Waals surface area contributed by atoms with Crippen molar-refractivity contribution >= 4 is 9.84 Å². The third-order valence-electron chi connectivity index (χ3n) is 14.2. The third kappa shape index (κ3) is 8.10. The molecule has 0 aliphatic heterocycles. The number of fused-ring (bicyclic) bond motifs is 3. The van der Waals surface area contributed by atoms with E-state index in [2.05, 4.69) is 72.8 Å². The second-order valence-corrected chi connectivity index (χ2v) is 20.2. The van der Waals surface area contributed by atoms with Crippen LogP contribution in [-0.2, 0) is 20.7 Å². The number of sulfone groups is 1. The molecule has 0 spiro atoms. The third-order valence-corrected chi connectivity index (χ3v) is 17.0. The minimum atomic E-state index is -5.73. The van der Waals surface area contributed by atoms with Crippen LogP contribution in [-0.4, -0.2) is 57.7 Å². The Bertz CT molecular complexity index is 2710. The zero-order chi connectivity index (χ0) is 47.2. The molecule has 2 fully saturated rings. The van der Waals surface area contributed by atoms with E-state index in [9.17, 15) is 34.8 Å². The van der Waals surface area contributed by atoms with Crippen molar-refractivity contribution < 1.29 is 53.7 Å². The molecule has 0 amide bonds. The first-order chi connectivity index (χ1) is 32.1. The summed E-state index contributed by atoms with van der Waals surface area (Å²) in [6.45, 7) is 0. The minimum Gasteiger partial charge on any atom is -0.497 e. The molecule has 2 saturated carbocycles. The molecule has 0 aromatic heterocycles. The summed E-state index contributed by atoms with van der Waals surface area (Å²) < 4.78 is 139. The van der Waals surface area contributed by atoms with Gasteiger partial charge < -0.3 is 18.9 Å². The second-order valence-electron chi connectivity index (χ2n) is 17.7. The van der Waals surface area contributed by atoms with Crippen LogP contribution >= 0.6 is 0 Å². The lowest BCUT2D eigenvalue weighted by molar-refractivity contribution is -0.288. The first kappa shape index (κ1) is 46.2. The van der Waals surface area contributed by atoms with E-state index >= 15 is 0 Å². The van der Waals surface area contributed by atoms with Crippen molar-refractivity contribution in [2.24, 2.45) is 0 Å². The Morgan fingerprint density at radius 3 is 1.13 bits per heavy atom. The average Bonchev–Trinajstić information content (AvgIpc) is 3.63. The van der Waals surface area contributed by atoms with Crippen LogP contribution in [0, 0.1) is 0 Å².